The first-order valence-electron chi connectivity index (χ1n) is 9.70. The number of anilines is 1. The summed E-state index contributed by atoms with van der Waals surface area (Å²) >= 11 is 0. The molecule has 2 aromatic rings. The summed E-state index contributed by atoms with van der Waals surface area (Å²) in [6.07, 6.45) is 5.25. The van der Waals surface area contributed by atoms with Crippen LogP contribution in [-0.2, 0) is 10.2 Å². The first-order chi connectivity index (χ1) is 12.6. The number of hydrogen-bond acceptors (Lipinski definition) is 2. The average Bonchev–Trinajstić information content (AvgIpc) is 2.68. The number of amides is 1. The van der Waals surface area contributed by atoms with E-state index in [-0.39, 0.29) is 5.91 Å². The standard InChI is InChI=1S/C23H29NO2/c1-18(2)17-26-21-13-11-20(12-14-21)24-22(25)23(15-7-4-8-16-23)19-9-5-3-6-10-19/h3,5-6,9-14,18H,4,7-8,15-17H2,1-2H3,(H,24,25). The van der Waals surface area contributed by atoms with Crippen LogP contribution in [-0.4, -0.2) is 12.5 Å². The van der Waals surface area contributed by atoms with Crippen molar-refractivity contribution in [1.29, 1.82) is 0 Å². The number of nitrogens with one attached hydrogen (secondary N) is 1. The van der Waals surface area contributed by atoms with Gasteiger partial charge in [-0.1, -0.05) is 63.4 Å². The van der Waals surface area contributed by atoms with Crippen molar-refractivity contribution >= 4 is 11.6 Å². The molecule has 1 aliphatic rings. The fourth-order valence-electron chi connectivity index (χ4n) is 3.71. The van der Waals surface area contributed by atoms with Crippen LogP contribution in [0.15, 0.2) is 54.6 Å². The Balaban J connectivity index is 1.74. The van der Waals surface area contributed by atoms with Crippen molar-refractivity contribution in [3.63, 3.8) is 0 Å². The number of rotatable bonds is 6. The molecule has 0 aliphatic heterocycles. The molecule has 3 nitrogen and oxygen atoms in total. The molecule has 3 rings (SSSR count). The molecule has 26 heavy (non-hydrogen) atoms. The number of ether oxygens (including phenoxy) is 1. The lowest BCUT2D eigenvalue weighted by atomic mass is 9.68. The van der Waals surface area contributed by atoms with Crippen LogP contribution in [0.1, 0.15) is 51.5 Å². The molecular weight excluding hydrogens is 322 g/mol. The summed E-state index contributed by atoms with van der Waals surface area (Å²) in [6, 6.07) is 17.9. The zero-order valence-corrected chi connectivity index (χ0v) is 15.8. The molecule has 0 spiro atoms. The van der Waals surface area contributed by atoms with E-state index in [9.17, 15) is 4.79 Å². The SMILES string of the molecule is CC(C)COc1ccc(NC(=O)C2(c3ccccc3)CCCCC2)cc1. The van der Waals surface area contributed by atoms with Crippen LogP contribution in [0.25, 0.3) is 0 Å². The Labute approximate surface area is 156 Å². The summed E-state index contributed by atoms with van der Waals surface area (Å²) in [4.78, 5) is 13.2. The molecule has 0 aromatic heterocycles. The highest BCUT2D eigenvalue weighted by Gasteiger charge is 2.40. The molecule has 1 fully saturated rings. The molecule has 1 amide bonds. The Hall–Kier alpha value is -2.29. The first kappa shape index (κ1) is 18.5. The van der Waals surface area contributed by atoms with Gasteiger partial charge in [0, 0.05) is 5.69 Å². The molecule has 0 unspecified atom stereocenters. The van der Waals surface area contributed by atoms with Gasteiger partial charge >= 0.3 is 0 Å². The van der Waals surface area contributed by atoms with Gasteiger partial charge in [0.15, 0.2) is 0 Å². The molecule has 3 heteroatoms. The van der Waals surface area contributed by atoms with Gasteiger partial charge in [0.1, 0.15) is 5.75 Å². The van der Waals surface area contributed by atoms with Gasteiger partial charge in [0.05, 0.1) is 12.0 Å². The monoisotopic (exact) mass is 351 g/mol. The summed E-state index contributed by atoms with van der Waals surface area (Å²) in [6.45, 7) is 4.95. The molecule has 138 valence electrons. The number of carbonyl (C=O) groups excluding carboxylic acids is 1. The summed E-state index contributed by atoms with van der Waals surface area (Å²) in [5.41, 5.74) is 1.55. The minimum absolute atomic E-state index is 0.110. The van der Waals surface area contributed by atoms with Crippen molar-refractivity contribution in [3.05, 3.63) is 60.2 Å². The van der Waals surface area contributed by atoms with Gasteiger partial charge in [-0.3, -0.25) is 4.79 Å². The predicted molar refractivity (Wildman–Crippen MR) is 107 cm³/mol. The normalized spacial score (nSPS) is 16.3. The van der Waals surface area contributed by atoms with E-state index in [2.05, 4.69) is 31.3 Å². The number of hydrogen-bond donors (Lipinski definition) is 1. The van der Waals surface area contributed by atoms with Crippen molar-refractivity contribution in [1.82, 2.24) is 0 Å². The second-order valence-electron chi connectivity index (χ2n) is 7.69. The maximum Gasteiger partial charge on any atom is 0.235 e. The summed E-state index contributed by atoms with van der Waals surface area (Å²) < 4.78 is 5.72. The largest absolute Gasteiger partial charge is 0.493 e. The van der Waals surface area contributed by atoms with E-state index < -0.39 is 5.41 Å². The van der Waals surface area contributed by atoms with E-state index in [1.165, 1.54) is 6.42 Å². The van der Waals surface area contributed by atoms with Crippen molar-refractivity contribution in [2.75, 3.05) is 11.9 Å². The molecule has 0 heterocycles. The summed E-state index contributed by atoms with van der Waals surface area (Å²) in [7, 11) is 0. The second kappa shape index (κ2) is 8.39. The Morgan fingerprint density at radius 2 is 1.65 bits per heavy atom. The molecule has 1 saturated carbocycles. The van der Waals surface area contributed by atoms with Gasteiger partial charge in [-0.15, -0.1) is 0 Å². The molecule has 0 radical (unpaired) electrons. The van der Waals surface area contributed by atoms with Crippen LogP contribution in [0.2, 0.25) is 0 Å². The van der Waals surface area contributed by atoms with Gasteiger partial charge in [-0.05, 0) is 48.6 Å². The third-order valence-electron chi connectivity index (χ3n) is 5.16. The lowest BCUT2D eigenvalue weighted by Crippen LogP contribution is -2.42. The lowest BCUT2D eigenvalue weighted by molar-refractivity contribution is -0.122. The van der Waals surface area contributed by atoms with Crippen LogP contribution < -0.4 is 10.1 Å². The Kier molecular flexibility index (Phi) is 5.97. The maximum absolute atomic E-state index is 13.2. The van der Waals surface area contributed by atoms with Gasteiger partial charge < -0.3 is 10.1 Å². The highest BCUT2D eigenvalue weighted by molar-refractivity contribution is 5.99. The third-order valence-corrected chi connectivity index (χ3v) is 5.16. The van der Waals surface area contributed by atoms with E-state index in [1.807, 2.05) is 42.5 Å². The van der Waals surface area contributed by atoms with Crippen molar-refractivity contribution in [2.24, 2.45) is 5.92 Å². The van der Waals surface area contributed by atoms with E-state index in [0.717, 1.165) is 42.7 Å². The average molecular weight is 351 g/mol. The quantitative estimate of drug-likeness (QED) is 0.739. The van der Waals surface area contributed by atoms with Gasteiger partial charge in [-0.25, -0.2) is 0 Å². The van der Waals surface area contributed by atoms with E-state index in [0.29, 0.717) is 12.5 Å². The summed E-state index contributed by atoms with van der Waals surface area (Å²) in [5, 5.41) is 3.15. The maximum atomic E-state index is 13.2. The zero-order valence-electron chi connectivity index (χ0n) is 15.8. The number of benzene rings is 2. The van der Waals surface area contributed by atoms with E-state index >= 15 is 0 Å². The van der Waals surface area contributed by atoms with Crippen molar-refractivity contribution in [3.8, 4) is 5.75 Å². The van der Waals surface area contributed by atoms with E-state index in [4.69, 9.17) is 4.74 Å². The van der Waals surface area contributed by atoms with Crippen molar-refractivity contribution < 1.29 is 9.53 Å². The minimum Gasteiger partial charge on any atom is -0.493 e. The number of carbonyl (C=O) groups is 1. The highest BCUT2D eigenvalue weighted by atomic mass is 16.5. The molecule has 0 bridgehead atoms. The molecule has 0 atom stereocenters. The van der Waals surface area contributed by atoms with Gasteiger partial charge in [0.2, 0.25) is 5.91 Å². The van der Waals surface area contributed by atoms with Crippen LogP contribution in [0.5, 0.6) is 5.75 Å². The van der Waals surface area contributed by atoms with Crippen LogP contribution >= 0.6 is 0 Å². The fraction of sp³-hybridized carbons (Fsp3) is 0.435. The predicted octanol–water partition coefficient (Wildman–Crippen LogP) is 5.56. The Morgan fingerprint density at radius 1 is 1.00 bits per heavy atom. The lowest BCUT2D eigenvalue weighted by Gasteiger charge is -2.36. The van der Waals surface area contributed by atoms with Gasteiger partial charge in [0.25, 0.3) is 0 Å². The highest BCUT2D eigenvalue weighted by Crippen LogP contribution is 2.40. The molecule has 2 aromatic carbocycles. The molecular formula is C23H29NO2. The van der Waals surface area contributed by atoms with Gasteiger partial charge in [-0.2, -0.15) is 0 Å². The Bertz CT molecular complexity index is 701. The second-order valence-corrected chi connectivity index (χ2v) is 7.69. The molecule has 1 N–H and O–H groups in total. The zero-order chi connectivity index (χ0) is 18.4. The van der Waals surface area contributed by atoms with Crippen LogP contribution in [0.3, 0.4) is 0 Å². The fourth-order valence-corrected chi connectivity index (χ4v) is 3.71. The Morgan fingerprint density at radius 3 is 2.27 bits per heavy atom. The van der Waals surface area contributed by atoms with Crippen LogP contribution in [0.4, 0.5) is 5.69 Å². The topological polar surface area (TPSA) is 38.3 Å². The first-order valence-corrected chi connectivity index (χ1v) is 9.70. The van der Waals surface area contributed by atoms with E-state index in [1.54, 1.807) is 0 Å². The smallest absolute Gasteiger partial charge is 0.235 e. The van der Waals surface area contributed by atoms with Crippen molar-refractivity contribution in [2.45, 2.75) is 51.4 Å². The molecule has 0 saturated heterocycles. The third kappa shape index (κ3) is 4.27. The summed E-state index contributed by atoms with van der Waals surface area (Å²) in [5.74, 6) is 1.44. The van der Waals surface area contributed by atoms with Crippen LogP contribution in [0, 0.1) is 5.92 Å². The minimum atomic E-state index is -0.410. The molecule has 1 aliphatic carbocycles.